The Morgan fingerprint density at radius 3 is 2.12 bits per heavy atom. The average Bonchev–Trinajstić information content (AvgIpc) is 2.80. The minimum Gasteiger partial charge on any atom is -0.493 e. The predicted molar refractivity (Wildman–Crippen MR) is 123 cm³/mol. The maximum Gasteiger partial charge on any atom is 0.339 e. The quantitative estimate of drug-likeness (QED) is 0.201. The number of methoxy groups -OCH3 is 1. The highest BCUT2D eigenvalue weighted by Gasteiger charge is 2.19. The molecule has 1 N–H and O–H groups in total. The van der Waals surface area contributed by atoms with Crippen molar-refractivity contribution >= 4 is 32.0 Å². The molecule has 0 aliphatic heterocycles. The van der Waals surface area contributed by atoms with Gasteiger partial charge >= 0.3 is 10.1 Å². The van der Waals surface area contributed by atoms with Crippen LogP contribution in [-0.2, 0) is 20.1 Å². The number of non-ortho nitro benzene ring substituents is 1. The molecule has 0 saturated carbocycles. The maximum absolute atomic E-state index is 12.5. The number of benzene rings is 3. The van der Waals surface area contributed by atoms with E-state index in [1.807, 2.05) is 11.8 Å². The van der Waals surface area contributed by atoms with Crippen molar-refractivity contribution in [3.05, 3.63) is 88.0 Å². The topological polar surface area (TPSA) is 154 Å². The Labute approximate surface area is 196 Å². The Morgan fingerprint density at radius 2 is 1.53 bits per heavy atom. The van der Waals surface area contributed by atoms with Crippen LogP contribution in [0, 0.1) is 17.0 Å². The number of nitrogens with one attached hydrogen (secondary N) is 1. The lowest BCUT2D eigenvalue weighted by Crippen LogP contribution is -2.18. The molecule has 13 heteroatoms. The summed E-state index contributed by atoms with van der Waals surface area (Å²) < 4.78 is 60.0. The number of nitro groups is 1. The van der Waals surface area contributed by atoms with Crippen LogP contribution in [0.15, 0.2) is 81.6 Å². The van der Waals surface area contributed by atoms with Crippen LogP contribution in [0.25, 0.3) is 0 Å². The molecule has 0 unspecified atom stereocenters. The van der Waals surface area contributed by atoms with E-state index >= 15 is 0 Å². The van der Waals surface area contributed by atoms with Crippen molar-refractivity contribution in [3.8, 4) is 11.5 Å². The summed E-state index contributed by atoms with van der Waals surface area (Å²) in [6.07, 6.45) is 1.17. The van der Waals surface area contributed by atoms with Gasteiger partial charge in [-0.3, -0.25) is 10.1 Å². The molecule has 178 valence electrons. The largest absolute Gasteiger partial charge is 0.493 e. The fourth-order valence-corrected chi connectivity index (χ4v) is 4.41. The van der Waals surface area contributed by atoms with Crippen molar-refractivity contribution < 1.29 is 30.7 Å². The van der Waals surface area contributed by atoms with Crippen LogP contribution in [-0.4, -0.2) is 35.1 Å². The Morgan fingerprint density at radius 1 is 0.912 bits per heavy atom. The predicted octanol–water partition coefficient (Wildman–Crippen LogP) is 2.99. The number of nitrogens with zero attached hydrogens (tertiary/aromatic N) is 2. The molecule has 0 aliphatic rings. The van der Waals surface area contributed by atoms with Crippen LogP contribution in [0.4, 0.5) is 5.69 Å². The molecule has 0 bridgehead atoms. The zero-order valence-corrected chi connectivity index (χ0v) is 19.5. The Kier molecular flexibility index (Phi) is 7.17. The molecule has 3 aromatic carbocycles. The van der Waals surface area contributed by atoms with Crippen LogP contribution in [0.2, 0.25) is 0 Å². The average molecular weight is 506 g/mol. The molecule has 0 amide bonds. The van der Waals surface area contributed by atoms with Gasteiger partial charge in [-0.05, 0) is 55.0 Å². The van der Waals surface area contributed by atoms with Crippen molar-refractivity contribution in [2.24, 2.45) is 5.10 Å². The molecular weight excluding hydrogens is 486 g/mol. The van der Waals surface area contributed by atoms with E-state index in [0.717, 1.165) is 29.8 Å². The van der Waals surface area contributed by atoms with Gasteiger partial charge < -0.3 is 8.92 Å². The van der Waals surface area contributed by atoms with Crippen LogP contribution in [0.1, 0.15) is 11.1 Å². The summed E-state index contributed by atoms with van der Waals surface area (Å²) in [5, 5.41) is 14.4. The van der Waals surface area contributed by atoms with E-state index in [1.165, 1.54) is 43.7 Å². The highest BCUT2D eigenvalue weighted by atomic mass is 32.2. The summed E-state index contributed by atoms with van der Waals surface area (Å²) in [7, 11) is -6.84. The number of aryl methyl sites for hydroxylation is 1. The number of sulfonamides is 1. The molecule has 0 fully saturated rings. The molecule has 0 radical (unpaired) electrons. The highest BCUT2D eigenvalue weighted by molar-refractivity contribution is 7.89. The van der Waals surface area contributed by atoms with Gasteiger partial charge in [0.2, 0.25) is 0 Å². The van der Waals surface area contributed by atoms with Crippen LogP contribution < -0.4 is 13.8 Å². The second kappa shape index (κ2) is 9.89. The van der Waals surface area contributed by atoms with E-state index < -0.39 is 25.1 Å². The third-order valence-corrected chi connectivity index (χ3v) is 6.93. The van der Waals surface area contributed by atoms with Crippen molar-refractivity contribution in [1.29, 1.82) is 0 Å². The van der Waals surface area contributed by atoms with E-state index in [0.29, 0.717) is 5.56 Å². The standard InChI is InChI=1S/C21H19N3O8S2/c1-15-3-8-19(9-4-15)34(29,30)32-20-12-5-16(13-21(20)31-2)14-22-23-33(27,28)18-10-6-17(7-11-18)24(25)26/h3-14,23H,1-2H3. The number of hydrogen-bond acceptors (Lipinski definition) is 9. The number of hydrazone groups is 1. The molecule has 0 aromatic heterocycles. The van der Waals surface area contributed by atoms with Gasteiger partial charge in [0.05, 0.1) is 23.1 Å². The first-order valence-corrected chi connectivity index (χ1v) is 12.4. The minimum absolute atomic E-state index is 0.0218. The van der Waals surface area contributed by atoms with Crippen LogP contribution in [0.3, 0.4) is 0 Å². The Bertz CT molecular complexity index is 1430. The molecule has 0 spiro atoms. The molecule has 3 aromatic rings. The smallest absolute Gasteiger partial charge is 0.339 e. The van der Waals surface area contributed by atoms with E-state index in [-0.39, 0.29) is 27.0 Å². The zero-order chi connectivity index (χ0) is 24.9. The van der Waals surface area contributed by atoms with Gasteiger partial charge in [0.1, 0.15) is 4.90 Å². The van der Waals surface area contributed by atoms with E-state index in [2.05, 4.69) is 5.10 Å². The van der Waals surface area contributed by atoms with Gasteiger partial charge in [-0.1, -0.05) is 17.7 Å². The van der Waals surface area contributed by atoms with Crippen molar-refractivity contribution in [2.45, 2.75) is 16.7 Å². The minimum atomic E-state index is -4.10. The van der Waals surface area contributed by atoms with Gasteiger partial charge in [-0.2, -0.15) is 21.9 Å². The normalized spacial score (nSPS) is 11.8. The Balaban J connectivity index is 1.75. The highest BCUT2D eigenvalue weighted by Crippen LogP contribution is 2.30. The molecule has 3 rings (SSSR count). The fourth-order valence-electron chi connectivity index (χ4n) is 2.67. The summed E-state index contributed by atoms with van der Waals surface area (Å²) in [5.41, 5.74) is 1.02. The molecule has 0 saturated heterocycles. The van der Waals surface area contributed by atoms with Gasteiger partial charge in [0.15, 0.2) is 11.5 Å². The lowest BCUT2D eigenvalue weighted by Gasteiger charge is -2.11. The van der Waals surface area contributed by atoms with Crippen LogP contribution in [0.5, 0.6) is 11.5 Å². The first-order valence-electron chi connectivity index (χ1n) is 9.50. The molecule has 11 nitrogen and oxygen atoms in total. The summed E-state index contributed by atoms with van der Waals surface area (Å²) >= 11 is 0. The van der Waals surface area contributed by atoms with Gasteiger partial charge in [0.25, 0.3) is 15.7 Å². The third kappa shape index (κ3) is 5.88. The summed E-state index contributed by atoms with van der Waals surface area (Å²) in [5.74, 6) is 0.0181. The molecule has 0 aliphatic carbocycles. The second-order valence-corrected chi connectivity index (χ2v) is 10.1. The fraction of sp³-hybridized carbons (Fsp3) is 0.0952. The lowest BCUT2D eigenvalue weighted by molar-refractivity contribution is -0.384. The van der Waals surface area contributed by atoms with E-state index in [9.17, 15) is 26.9 Å². The summed E-state index contributed by atoms with van der Waals surface area (Å²) in [6.45, 7) is 1.83. The van der Waals surface area contributed by atoms with E-state index in [4.69, 9.17) is 8.92 Å². The van der Waals surface area contributed by atoms with Crippen molar-refractivity contribution in [3.63, 3.8) is 0 Å². The summed E-state index contributed by atoms with van der Waals surface area (Å²) in [4.78, 5) is 11.8. The molecule has 0 atom stereocenters. The van der Waals surface area contributed by atoms with E-state index in [1.54, 1.807) is 12.1 Å². The van der Waals surface area contributed by atoms with Crippen molar-refractivity contribution in [2.75, 3.05) is 7.11 Å². The zero-order valence-electron chi connectivity index (χ0n) is 17.9. The number of hydrogen-bond donors (Lipinski definition) is 1. The third-order valence-electron chi connectivity index (χ3n) is 4.44. The SMILES string of the molecule is COc1cc(C=NNS(=O)(=O)c2ccc([N+](=O)[O-])cc2)ccc1OS(=O)(=O)c1ccc(C)cc1. The number of nitro benzene ring substituents is 1. The first-order chi connectivity index (χ1) is 16.0. The monoisotopic (exact) mass is 505 g/mol. The van der Waals surface area contributed by atoms with Crippen molar-refractivity contribution in [1.82, 2.24) is 4.83 Å². The summed E-state index contributed by atoms with van der Waals surface area (Å²) in [6, 6.07) is 14.6. The number of ether oxygens (including phenoxy) is 1. The van der Waals surface area contributed by atoms with Gasteiger partial charge in [-0.25, -0.2) is 4.83 Å². The van der Waals surface area contributed by atoms with Gasteiger partial charge in [-0.15, -0.1) is 0 Å². The molecular formula is C21H19N3O8S2. The number of rotatable bonds is 9. The lowest BCUT2D eigenvalue weighted by atomic mass is 10.2. The second-order valence-electron chi connectivity index (χ2n) is 6.86. The molecule has 0 heterocycles. The van der Waals surface area contributed by atoms with Gasteiger partial charge in [0, 0.05) is 12.1 Å². The Hall–Kier alpha value is -3.97. The maximum atomic E-state index is 12.5. The first kappa shape index (κ1) is 24.7. The molecule has 34 heavy (non-hydrogen) atoms. The van der Waals surface area contributed by atoms with Crippen LogP contribution >= 0.6 is 0 Å².